The summed E-state index contributed by atoms with van der Waals surface area (Å²) in [5.41, 5.74) is 2.32. The molecule has 2 heterocycles. The van der Waals surface area contributed by atoms with Crippen molar-refractivity contribution in [3.63, 3.8) is 0 Å². The topological polar surface area (TPSA) is 70.7 Å². The molecule has 0 fully saturated rings. The molecule has 0 spiro atoms. The van der Waals surface area contributed by atoms with Gasteiger partial charge in [-0.2, -0.15) is 0 Å². The molecule has 0 atom stereocenters. The first-order chi connectivity index (χ1) is 9.24. The highest BCUT2D eigenvalue weighted by molar-refractivity contribution is 7.98. The summed E-state index contributed by atoms with van der Waals surface area (Å²) >= 11 is 1.49. The van der Waals surface area contributed by atoms with Gasteiger partial charge in [0, 0.05) is 17.8 Å². The summed E-state index contributed by atoms with van der Waals surface area (Å²) in [4.78, 5) is 23.5. The predicted molar refractivity (Wildman–Crippen MR) is 79.2 cm³/mol. The minimum atomic E-state index is 0.670. The van der Waals surface area contributed by atoms with Crippen LogP contribution in [-0.4, -0.2) is 34.0 Å². The van der Waals surface area contributed by atoms with Crippen LogP contribution in [0.2, 0.25) is 0 Å². The number of carbonyl (C=O) groups excluding carboxylic acids is 1. The molecule has 0 aliphatic rings. The van der Waals surface area contributed by atoms with Crippen LogP contribution in [0, 0.1) is 0 Å². The Bertz CT molecular complexity index is 594. The van der Waals surface area contributed by atoms with Crippen LogP contribution < -0.4 is 5.32 Å². The first-order valence-electron chi connectivity index (χ1n) is 6.40. The molecule has 0 unspecified atom stereocenters. The Morgan fingerprint density at radius 2 is 2.16 bits per heavy atom. The molecule has 2 N–H and O–H groups in total. The van der Waals surface area contributed by atoms with E-state index in [-0.39, 0.29) is 0 Å². The summed E-state index contributed by atoms with van der Waals surface area (Å²) in [5, 5.41) is 4.79. The van der Waals surface area contributed by atoms with E-state index >= 15 is 0 Å². The summed E-state index contributed by atoms with van der Waals surface area (Å²) in [7, 11) is 0. The summed E-state index contributed by atoms with van der Waals surface area (Å²) in [6.45, 7) is 4.93. The number of carbonyl (C=O) groups is 1. The van der Waals surface area contributed by atoms with E-state index in [0.717, 1.165) is 48.2 Å². The Balaban J connectivity index is 2.66. The van der Waals surface area contributed by atoms with Crippen LogP contribution in [0.1, 0.15) is 36.3 Å². The van der Waals surface area contributed by atoms with Crippen LogP contribution in [0.15, 0.2) is 5.16 Å². The summed E-state index contributed by atoms with van der Waals surface area (Å²) in [6.07, 6.45) is 4.60. The van der Waals surface area contributed by atoms with Gasteiger partial charge in [0.25, 0.3) is 0 Å². The lowest BCUT2D eigenvalue weighted by molar-refractivity contribution is 0.112. The standard InChI is InChI=1S/C13H18N4OS/c1-4-6-14-11-10-8(7-18)9(5-2)15-12(10)17-13(16-11)19-3/h7H,4-6H2,1-3H3,(H2,14,15,16,17). The van der Waals surface area contributed by atoms with Gasteiger partial charge in [-0.1, -0.05) is 25.6 Å². The van der Waals surface area contributed by atoms with Crippen LogP contribution in [-0.2, 0) is 6.42 Å². The van der Waals surface area contributed by atoms with Gasteiger partial charge in [0.15, 0.2) is 11.4 Å². The van der Waals surface area contributed by atoms with Crippen molar-refractivity contribution in [2.24, 2.45) is 0 Å². The quantitative estimate of drug-likeness (QED) is 0.483. The number of fused-ring (bicyclic) bond motifs is 1. The van der Waals surface area contributed by atoms with Crippen LogP contribution in [0.5, 0.6) is 0 Å². The van der Waals surface area contributed by atoms with E-state index in [1.807, 2.05) is 13.2 Å². The number of aromatic amines is 1. The minimum Gasteiger partial charge on any atom is -0.369 e. The number of nitrogens with one attached hydrogen (secondary N) is 2. The van der Waals surface area contributed by atoms with Crippen molar-refractivity contribution in [3.05, 3.63) is 11.3 Å². The van der Waals surface area contributed by atoms with Gasteiger partial charge in [-0.05, 0) is 19.1 Å². The van der Waals surface area contributed by atoms with Crippen molar-refractivity contribution in [1.82, 2.24) is 15.0 Å². The highest BCUT2D eigenvalue weighted by Gasteiger charge is 2.16. The van der Waals surface area contributed by atoms with Crippen molar-refractivity contribution in [3.8, 4) is 0 Å². The number of aryl methyl sites for hydroxylation is 1. The number of hydrogen-bond acceptors (Lipinski definition) is 5. The van der Waals surface area contributed by atoms with Gasteiger partial charge in [-0.3, -0.25) is 4.79 Å². The van der Waals surface area contributed by atoms with E-state index in [2.05, 4.69) is 27.2 Å². The molecule has 0 radical (unpaired) electrons. The van der Waals surface area contributed by atoms with Crippen molar-refractivity contribution >= 4 is 34.9 Å². The monoisotopic (exact) mass is 278 g/mol. The first kappa shape index (κ1) is 13.9. The average molecular weight is 278 g/mol. The SMILES string of the molecule is CCCNc1nc(SC)nc2[nH]c(CC)c(C=O)c12. The fourth-order valence-corrected chi connectivity index (χ4v) is 2.38. The maximum absolute atomic E-state index is 11.3. The molecule has 2 aromatic heterocycles. The molecule has 0 bridgehead atoms. The molecular formula is C13H18N4OS. The zero-order valence-corrected chi connectivity index (χ0v) is 12.2. The van der Waals surface area contributed by atoms with E-state index in [1.54, 1.807) is 0 Å². The second-order valence-electron chi connectivity index (χ2n) is 4.20. The van der Waals surface area contributed by atoms with Gasteiger partial charge < -0.3 is 10.3 Å². The van der Waals surface area contributed by atoms with E-state index in [9.17, 15) is 4.79 Å². The highest BCUT2D eigenvalue weighted by Crippen LogP contribution is 2.28. The second-order valence-corrected chi connectivity index (χ2v) is 4.97. The number of aldehydes is 1. The number of anilines is 1. The Labute approximate surface area is 116 Å². The molecule has 2 aromatic rings. The molecule has 0 aliphatic heterocycles. The van der Waals surface area contributed by atoms with Gasteiger partial charge in [0.2, 0.25) is 0 Å². The molecular weight excluding hydrogens is 260 g/mol. The number of hydrogen-bond donors (Lipinski definition) is 2. The maximum atomic E-state index is 11.3. The van der Waals surface area contributed by atoms with Crippen molar-refractivity contribution < 1.29 is 4.79 Å². The maximum Gasteiger partial charge on any atom is 0.191 e. The molecule has 6 heteroatoms. The van der Waals surface area contributed by atoms with Crippen LogP contribution in [0.4, 0.5) is 5.82 Å². The Kier molecular flexibility index (Phi) is 4.42. The number of nitrogens with zero attached hydrogens (tertiary/aromatic N) is 2. The van der Waals surface area contributed by atoms with Crippen molar-refractivity contribution in [1.29, 1.82) is 0 Å². The van der Waals surface area contributed by atoms with Gasteiger partial charge >= 0.3 is 0 Å². The Morgan fingerprint density at radius 3 is 2.74 bits per heavy atom. The number of thioether (sulfide) groups is 1. The lowest BCUT2D eigenvalue weighted by Gasteiger charge is -2.07. The third-order valence-corrected chi connectivity index (χ3v) is 3.50. The second kappa shape index (κ2) is 6.06. The zero-order valence-electron chi connectivity index (χ0n) is 11.4. The highest BCUT2D eigenvalue weighted by atomic mass is 32.2. The molecule has 19 heavy (non-hydrogen) atoms. The molecule has 0 aliphatic carbocycles. The largest absolute Gasteiger partial charge is 0.369 e. The average Bonchev–Trinajstić information content (AvgIpc) is 2.81. The number of rotatable bonds is 6. The Morgan fingerprint density at radius 1 is 1.37 bits per heavy atom. The number of aromatic nitrogens is 3. The molecule has 2 rings (SSSR count). The molecule has 0 saturated carbocycles. The van der Waals surface area contributed by atoms with Crippen LogP contribution in [0.25, 0.3) is 11.0 Å². The predicted octanol–water partition coefficient (Wildman–Crippen LogP) is 2.88. The first-order valence-corrected chi connectivity index (χ1v) is 7.63. The zero-order chi connectivity index (χ0) is 13.8. The lowest BCUT2D eigenvalue weighted by Crippen LogP contribution is -2.04. The van der Waals surface area contributed by atoms with Crippen LogP contribution >= 0.6 is 11.8 Å². The fourth-order valence-electron chi connectivity index (χ4n) is 2.02. The van der Waals surface area contributed by atoms with Crippen molar-refractivity contribution in [2.45, 2.75) is 31.8 Å². The molecule has 0 saturated heterocycles. The van der Waals surface area contributed by atoms with Crippen LogP contribution in [0.3, 0.4) is 0 Å². The van der Waals surface area contributed by atoms with E-state index in [4.69, 9.17) is 0 Å². The third-order valence-electron chi connectivity index (χ3n) is 2.95. The molecule has 0 amide bonds. The Hall–Kier alpha value is -1.56. The summed E-state index contributed by atoms with van der Waals surface area (Å²) < 4.78 is 0. The minimum absolute atomic E-state index is 0.670. The van der Waals surface area contributed by atoms with Gasteiger partial charge in [-0.15, -0.1) is 0 Å². The van der Waals surface area contributed by atoms with Gasteiger partial charge in [0.05, 0.1) is 5.39 Å². The normalized spacial score (nSPS) is 10.9. The van der Waals surface area contributed by atoms with E-state index < -0.39 is 0 Å². The molecule has 5 nitrogen and oxygen atoms in total. The van der Waals surface area contributed by atoms with Crippen molar-refractivity contribution in [2.75, 3.05) is 18.1 Å². The lowest BCUT2D eigenvalue weighted by atomic mass is 10.1. The molecule has 0 aromatic carbocycles. The van der Waals surface area contributed by atoms with Gasteiger partial charge in [-0.25, -0.2) is 9.97 Å². The summed E-state index contributed by atoms with van der Waals surface area (Å²) in [6, 6.07) is 0. The summed E-state index contributed by atoms with van der Waals surface area (Å²) in [5.74, 6) is 0.745. The third kappa shape index (κ3) is 2.58. The fraction of sp³-hybridized carbons (Fsp3) is 0.462. The van der Waals surface area contributed by atoms with Gasteiger partial charge in [0.1, 0.15) is 11.5 Å². The molecule has 102 valence electrons. The number of H-pyrrole nitrogens is 1. The van der Waals surface area contributed by atoms with E-state index in [0.29, 0.717) is 10.7 Å². The smallest absolute Gasteiger partial charge is 0.191 e. The van der Waals surface area contributed by atoms with E-state index in [1.165, 1.54) is 11.8 Å².